The molecule has 0 atom stereocenters. The predicted octanol–water partition coefficient (Wildman–Crippen LogP) is 12.5. The highest BCUT2D eigenvalue weighted by Crippen LogP contribution is 2.51. The maximum atomic E-state index is 14.5. The summed E-state index contributed by atoms with van der Waals surface area (Å²) in [6, 6.07) is 12.2. The van der Waals surface area contributed by atoms with Crippen LogP contribution in [0.15, 0.2) is 36.4 Å². The van der Waals surface area contributed by atoms with Crippen LogP contribution < -0.4 is 0 Å². The van der Waals surface area contributed by atoms with E-state index in [1.54, 1.807) is 0 Å². The molecule has 0 unspecified atom stereocenters. The van der Waals surface area contributed by atoms with Gasteiger partial charge in [-0.25, -0.2) is 0 Å². The molecule has 0 radical (unpaired) electrons. The normalized spacial score (nSPS) is 14.8. The second kappa shape index (κ2) is 15.1. The molecule has 0 aliphatic carbocycles. The van der Waals surface area contributed by atoms with Crippen molar-refractivity contribution in [3.05, 3.63) is 69.8 Å². The number of imide groups is 2. The van der Waals surface area contributed by atoms with Crippen molar-refractivity contribution in [3.8, 4) is 0 Å². The average Bonchev–Trinajstić information content (AvgIpc) is 3.16. The van der Waals surface area contributed by atoms with Gasteiger partial charge in [0.2, 0.25) is 0 Å². The molecule has 2 aliphatic rings. The van der Waals surface area contributed by atoms with Crippen LogP contribution in [0.2, 0.25) is 0 Å². The third-order valence-corrected chi connectivity index (χ3v) is 12.7. The number of carbonyl (C=O) groups excluding carboxylic acids is 4. The Balaban J connectivity index is 1.45. The van der Waals surface area contributed by atoms with Crippen LogP contribution in [0.3, 0.4) is 0 Å². The highest BCUT2D eigenvalue weighted by Gasteiger charge is 2.39. The van der Waals surface area contributed by atoms with Gasteiger partial charge in [0.15, 0.2) is 0 Å². The molecule has 0 saturated carbocycles. The number of amides is 4. The largest absolute Gasteiger partial charge is 0.274 e. The molecule has 2 aliphatic heterocycles. The zero-order chi connectivity index (χ0) is 38.5. The van der Waals surface area contributed by atoms with Gasteiger partial charge in [-0.05, 0) is 98.3 Å². The molecule has 284 valence electrons. The summed E-state index contributed by atoms with van der Waals surface area (Å²) in [6.45, 7) is 16.1. The number of benzene rings is 5. The SMILES string of the molecule is CCCCCCCCN1C(=O)c2ccc3c4c(C(C)(C)CC)cc5c6c(ccc(c7cc(C(C)C)c(c2c73)C1=O)c64)C(=O)N(CCCCCCCC)C5=O. The summed E-state index contributed by atoms with van der Waals surface area (Å²) in [5.41, 5.74) is 4.08. The highest BCUT2D eigenvalue weighted by molar-refractivity contribution is 6.42. The first-order valence-corrected chi connectivity index (χ1v) is 21.0. The maximum Gasteiger partial charge on any atom is 0.261 e. The minimum atomic E-state index is -0.307. The Morgan fingerprint density at radius 2 is 1.04 bits per heavy atom. The molecule has 7 rings (SSSR count). The molecular weight excluding hydrogens is 669 g/mol. The minimum Gasteiger partial charge on any atom is -0.274 e. The van der Waals surface area contributed by atoms with Gasteiger partial charge in [-0.2, -0.15) is 0 Å². The van der Waals surface area contributed by atoms with E-state index in [1.807, 2.05) is 12.1 Å². The summed E-state index contributed by atoms with van der Waals surface area (Å²) < 4.78 is 0. The van der Waals surface area contributed by atoms with Gasteiger partial charge in [0.05, 0.1) is 5.56 Å². The lowest BCUT2D eigenvalue weighted by molar-refractivity contribution is 0.0591. The van der Waals surface area contributed by atoms with E-state index in [9.17, 15) is 19.2 Å². The van der Waals surface area contributed by atoms with Gasteiger partial charge < -0.3 is 0 Å². The number of carbonyl (C=O) groups is 4. The van der Waals surface area contributed by atoms with E-state index < -0.39 is 0 Å². The van der Waals surface area contributed by atoms with Gasteiger partial charge in [0.1, 0.15) is 0 Å². The van der Waals surface area contributed by atoms with Crippen molar-refractivity contribution >= 4 is 66.7 Å². The quantitative estimate of drug-likeness (QED) is 0.0414. The van der Waals surface area contributed by atoms with E-state index in [0.29, 0.717) is 35.3 Å². The Kier molecular flexibility index (Phi) is 10.6. The molecule has 0 N–H and O–H groups in total. The van der Waals surface area contributed by atoms with Crippen molar-refractivity contribution in [2.24, 2.45) is 0 Å². The summed E-state index contributed by atoms with van der Waals surface area (Å²) in [5.74, 6) is -0.813. The molecule has 6 heteroatoms. The van der Waals surface area contributed by atoms with E-state index >= 15 is 0 Å². The zero-order valence-corrected chi connectivity index (χ0v) is 33.7. The predicted molar refractivity (Wildman–Crippen MR) is 223 cm³/mol. The Bertz CT molecular complexity index is 2300. The second-order valence-corrected chi connectivity index (χ2v) is 17.0. The fourth-order valence-electron chi connectivity index (χ4n) is 9.27. The van der Waals surface area contributed by atoms with Crippen LogP contribution in [-0.4, -0.2) is 46.5 Å². The van der Waals surface area contributed by atoms with Gasteiger partial charge in [0, 0.05) is 40.6 Å². The number of rotatable bonds is 17. The maximum absolute atomic E-state index is 14.5. The van der Waals surface area contributed by atoms with Crippen LogP contribution >= 0.6 is 0 Å². The van der Waals surface area contributed by atoms with Crippen LogP contribution in [-0.2, 0) is 5.41 Å². The van der Waals surface area contributed by atoms with E-state index in [0.717, 1.165) is 99.2 Å². The number of hydrogen-bond donors (Lipinski definition) is 0. The van der Waals surface area contributed by atoms with E-state index in [-0.39, 0.29) is 35.0 Å². The standard InChI is InChI=1S/C48H58N2O4/c1-8-11-13-15-17-19-25-49-44(51)32-23-21-30-35-27-34(29(4)5)43-42-33(45(52)50(47(43)54)26-20-18-16-14-12-9-2)24-22-31(38(35)42)40-37(48(6,7)10-3)28-36(46(49)53)39(32)41(30)40/h21-24,27-29H,8-20,25-26H2,1-7H3. The highest BCUT2D eigenvalue weighted by atomic mass is 16.2. The number of hydrogen-bond acceptors (Lipinski definition) is 4. The molecular formula is C48H58N2O4. The van der Waals surface area contributed by atoms with Crippen LogP contribution in [0.4, 0.5) is 0 Å². The van der Waals surface area contributed by atoms with Crippen LogP contribution in [0, 0.1) is 0 Å². The average molecular weight is 727 g/mol. The molecule has 0 aromatic heterocycles. The van der Waals surface area contributed by atoms with Gasteiger partial charge in [-0.1, -0.05) is 125 Å². The van der Waals surface area contributed by atoms with Gasteiger partial charge in [0.25, 0.3) is 23.6 Å². The zero-order valence-electron chi connectivity index (χ0n) is 33.7. The van der Waals surface area contributed by atoms with Crippen molar-refractivity contribution in [2.45, 2.75) is 143 Å². The summed E-state index contributed by atoms with van der Waals surface area (Å²) in [4.78, 5) is 60.5. The van der Waals surface area contributed by atoms with E-state index in [2.05, 4.69) is 72.7 Å². The minimum absolute atomic E-state index is 0.0276. The van der Waals surface area contributed by atoms with Crippen molar-refractivity contribution < 1.29 is 19.2 Å². The molecule has 4 amide bonds. The van der Waals surface area contributed by atoms with Crippen molar-refractivity contribution in [1.82, 2.24) is 9.80 Å². The molecule has 0 bridgehead atoms. The summed E-state index contributed by atoms with van der Waals surface area (Å²) in [5, 5.41) is 7.24. The molecule has 0 saturated heterocycles. The molecule has 5 aromatic carbocycles. The topological polar surface area (TPSA) is 74.8 Å². The van der Waals surface area contributed by atoms with Crippen LogP contribution in [0.25, 0.3) is 43.1 Å². The number of unbranched alkanes of at least 4 members (excludes halogenated alkanes) is 10. The Hall–Kier alpha value is -4.32. The van der Waals surface area contributed by atoms with Crippen molar-refractivity contribution in [2.75, 3.05) is 13.1 Å². The number of fused-ring (bicyclic) bond motifs is 2. The molecule has 6 nitrogen and oxygen atoms in total. The lowest BCUT2D eigenvalue weighted by Gasteiger charge is -2.34. The van der Waals surface area contributed by atoms with Gasteiger partial charge >= 0.3 is 0 Å². The van der Waals surface area contributed by atoms with E-state index in [1.165, 1.54) is 48.3 Å². The summed E-state index contributed by atoms with van der Waals surface area (Å²) in [7, 11) is 0. The lowest BCUT2D eigenvalue weighted by Crippen LogP contribution is -2.41. The van der Waals surface area contributed by atoms with Crippen molar-refractivity contribution in [1.29, 1.82) is 0 Å². The van der Waals surface area contributed by atoms with Crippen LogP contribution in [0.1, 0.15) is 190 Å². The van der Waals surface area contributed by atoms with E-state index in [4.69, 9.17) is 0 Å². The summed E-state index contributed by atoms with van der Waals surface area (Å²) >= 11 is 0. The third-order valence-electron chi connectivity index (χ3n) is 12.7. The second-order valence-electron chi connectivity index (χ2n) is 17.0. The third kappa shape index (κ3) is 6.08. The fourth-order valence-corrected chi connectivity index (χ4v) is 9.27. The first-order chi connectivity index (χ1) is 26.0. The molecule has 2 heterocycles. The molecule has 0 spiro atoms. The molecule has 54 heavy (non-hydrogen) atoms. The first-order valence-electron chi connectivity index (χ1n) is 21.0. The Morgan fingerprint density at radius 1 is 0.519 bits per heavy atom. The Morgan fingerprint density at radius 3 is 1.61 bits per heavy atom. The van der Waals surface area contributed by atoms with Gasteiger partial charge in [-0.15, -0.1) is 0 Å². The van der Waals surface area contributed by atoms with Gasteiger partial charge in [-0.3, -0.25) is 29.0 Å². The molecule has 5 aromatic rings. The van der Waals surface area contributed by atoms with Crippen LogP contribution in [0.5, 0.6) is 0 Å². The van der Waals surface area contributed by atoms with Crippen molar-refractivity contribution in [3.63, 3.8) is 0 Å². The summed E-state index contributed by atoms with van der Waals surface area (Å²) in [6.07, 6.45) is 13.8. The Labute approximate surface area is 321 Å². The monoisotopic (exact) mass is 726 g/mol. The molecule has 0 fully saturated rings. The number of nitrogens with zero attached hydrogens (tertiary/aromatic N) is 2. The fraction of sp³-hybridized carbons (Fsp3) is 0.500. The lowest BCUT2D eigenvalue weighted by atomic mass is 9.73. The first kappa shape index (κ1) is 38.0. The smallest absolute Gasteiger partial charge is 0.261 e.